The highest BCUT2D eigenvalue weighted by Crippen LogP contribution is 2.16. The summed E-state index contributed by atoms with van der Waals surface area (Å²) in [6.07, 6.45) is 1.36. The van der Waals surface area contributed by atoms with Gasteiger partial charge in [0, 0.05) is 6.20 Å². The van der Waals surface area contributed by atoms with Crippen molar-refractivity contribution in [2.24, 2.45) is 0 Å². The summed E-state index contributed by atoms with van der Waals surface area (Å²) in [4.78, 5) is 12.7. The molecule has 1 N–H and O–H groups in total. The van der Waals surface area contributed by atoms with Gasteiger partial charge in [-0.05, 0) is 29.5 Å². The highest BCUT2D eigenvalue weighted by molar-refractivity contribution is 5.90. The summed E-state index contributed by atoms with van der Waals surface area (Å²) in [5.41, 5.74) is 0. The average Bonchev–Trinajstić information content (AvgIpc) is 2.93. The summed E-state index contributed by atoms with van der Waals surface area (Å²) in [5, 5.41) is 13.5. The lowest BCUT2D eigenvalue weighted by atomic mass is 10.3. The van der Waals surface area contributed by atoms with Crippen LogP contribution < -0.4 is 14.8 Å². The van der Waals surface area contributed by atoms with Crippen molar-refractivity contribution in [3.05, 3.63) is 30.8 Å². The van der Waals surface area contributed by atoms with Crippen LogP contribution in [0.4, 0.5) is 5.95 Å². The van der Waals surface area contributed by atoms with E-state index in [0.29, 0.717) is 11.5 Å². The van der Waals surface area contributed by atoms with Gasteiger partial charge in [0.1, 0.15) is 11.5 Å². The summed E-state index contributed by atoms with van der Waals surface area (Å²) >= 11 is 0. The Morgan fingerprint density at radius 1 is 1.40 bits per heavy atom. The molecule has 104 valence electrons. The molecule has 0 aliphatic rings. The van der Waals surface area contributed by atoms with Crippen LogP contribution in [0, 0.1) is 0 Å². The van der Waals surface area contributed by atoms with Crippen molar-refractivity contribution in [1.82, 2.24) is 20.2 Å². The Morgan fingerprint density at radius 2 is 2.10 bits per heavy atom. The van der Waals surface area contributed by atoms with Crippen LogP contribution in [0.25, 0.3) is 6.20 Å². The zero-order valence-electron chi connectivity index (χ0n) is 10.8. The highest BCUT2D eigenvalue weighted by atomic mass is 16.5. The zero-order valence-corrected chi connectivity index (χ0v) is 10.8. The highest BCUT2D eigenvalue weighted by Gasteiger charge is 2.07. The number of ether oxygens (including phenoxy) is 2. The molecule has 2 aromatic rings. The fraction of sp³-hybridized carbons (Fsp3) is 0.167. The maximum absolute atomic E-state index is 11.6. The molecule has 0 saturated carbocycles. The lowest BCUT2D eigenvalue weighted by molar-refractivity contribution is -0.118. The summed E-state index contributed by atoms with van der Waals surface area (Å²) in [6.45, 7) is 3.31. The zero-order chi connectivity index (χ0) is 14.4. The van der Waals surface area contributed by atoms with Gasteiger partial charge in [0.15, 0.2) is 6.61 Å². The molecule has 1 aromatic heterocycles. The first-order valence-corrected chi connectivity index (χ1v) is 5.70. The van der Waals surface area contributed by atoms with Crippen LogP contribution >= 0.6 is 0 Å². The van der Waals surface area contributed by atoms with E-state index in [4.69, 9.17) is 9.47 Å². The predicted octanol–water partition coefficient (Wildman–Crippen LogP) is 0.800. The van der Waals surface area contributed by atoms with E-state index in [-0.39, 0.29) is 18.5 Å². The molecule has 0 aliphatic heterocycles. The number of aromatic nitrogens is 4. The van der Waals surface area contributed by atoms with Crippen molar-refractivity contribution >= 4 is 18.1 Å². The Balaban J connectivity index is 1.83. The van der Waals surface area contributed by atoms with Gasteiger partial charge in [-0.25, -0.2) is 0 Å². The van der Waals surface area contributed by atoms with Gasteiger partial charge < -0.3 is 9.47 Å². The number of anilines is 1. The predicted molar refractivity (Wildman–Crippen MR) is 71.3 cm³/mol. The maximum atomic E-state index is 11.6. The van der Waals surface area contributed by atoms with Gasteiger partial charge in [0.2, 0.25) is 0 Å². The molecule has 0 atom stereocenters. The van der Waals surface area contributed by atoms with E-state index in [1.54, 1.807) is 31.4 Å². The van der Waals surface area contributed by atoms with Crippen molar-refractivity contribution in [2.75, 3.05) is 19.0 Å². The Hall–Kier alpha value is -2.90. The molecular formula is C12H13N5O3. The molecule has 0 spiro atoms. The molecule has 8 heteroatoms. The third-order valence-corrected chi connectivity index (χ3v) is 2.27. The average molecular weight is 275 g/mol. The number of carbonyl (C=O) groups is 1. The number of hydrogen-bond acceptors (Lipinski definition) is 6. The first-order chi connectivity index (χ1) is 9.71. The largest absolute Gasteiger partial charge is 0.497 e. The molecule has 0 saturated heterocycles. The fourth-order valence-electron chi connectivity index (χ4n) is 1.33. The molecule has 2 rings (SSSR count). The smallest absolute Gasteiger partial charge is 0.270 e. The molecule has 0 fully saturated rings. The van der Waals surface area contributed by atoms with Crippen molar-refractivity contribution in [3.8, 4) is 11.5 Å². The van der Waals surface area contributed by atoms with E-state index in [2.05, 4.69) is 27.3 Å². The minimum absolute atomic E-state index is 0.0910. The van der Waals surface area contributed by atoms with Crippen LogP contribution in [-0.2, 0) is 4.79 Å². The number of carbonyl (C=O) groups excluding carboxylic acids is 1. The summed E-state index contributed by atoms with van der Waals surface area (Å²) in [6, 6.07) is 6.89. The summed E-state index contributed by atoms with van der Waals surface area (Å²) in [5.74, 6) is 0.980. The Morgan fingerprint density at radius 3 is 2.70 bits per heavy atom. The second kappa shape index (κ2) is 6.32. The fourth-order valence-corrected chi connectivity index (χ4v) is 1.33. The van der Waals surface area contributed by atoms with Crippen LogP contribution in [0.1, 0.15) is 0 Å². The van der Waals surface area contributed by atoms with Crippen LogP contribution in [0.15, 0.2) is 30.8 Å². The normalized spacial score (nSPS) is 9.85. The Kier molecular flexibility index (Phi) is 4.28. The van der Waals surface area contributed by atoms with Gasteiger partial charge in [0.05, 0.1) is 7.11 Å². The van der Waals surface area contributed by atoms with Crippen molar-refractivity contribution in [2.45, 2.75) is 0 Å². The minimum Gasteiger partial charge on any atom is -0.497 e. The van der Waals surface area contributed by atoms with Gasteiger partial charge in [-0.15, -0.1) is 9.90 Å². The summed E-state index contributed by atoms with van der Waals surface area (Å²) < 4.78 is 10.3. The van der Waals surface area contributed by atoms with Gasteiger partial charge >= 0.3 is 0 Å². The number of amides is 1. The number of tetrazole rings is 1. The number of nitrogens with zero attached hydrogens (tertiary/aromatic N) is 4. The third-order valence-electron chi connectivity index (χ3n) is 2.27. The SMILES string of the molecule is C=Cn1nnc(NC(=O)COc2ccc(OC)cc2)n1. The molecule has 0 aliphatic carbocycles. The van der Waals surface area contributed by atoms with E-state index < -0.39 is 0 Å². The topological polar surface area (TPSA) is 91.2 Å². The second-order valence-electron chi connectivity index (χ2n) is 3.63. The lowest BCUT2D eigenvalue weighted by Crippen LogP contribution is -2.21. The monoisotopic (exact) mass is 275 g/mol. The molecule has 8 nitrogen and oxygen atoms in total. The van der Waals surface area contributed by atoms with Crippen molar-refractivity contribution in [3.63, 3.8) is 0 Å². The maximum Gasteiger partial charge on any atom is 0.270 e. The minimum atomic E-state index is -0.385. The van der Waals surface area contributed by atoms with Gasteiger partial charge in [-0.1, -0.05) is 11.7 Å². The molecule has 0 radical (unpaired) electrons. The van der Waals surface area contributed by atoms with E-state index in [0.717, 1.165) is 4.80 Å². The first kappa shape index (κ1) is 13.5. The molecule has 0 unspecified atom stereocenters. The van der Waals surface area contributed by atoms with Gasteiger partial charge in [0.25, 0.3) is 11.9 Å². The number of rotatable bonds is 6. The van der Waals surface area contributed by atoms with Crippen LogP contribution in [0.2, 0.25) is 0 Å². The third kappa shape index (κ3) is 3.55. The molecule has 1 aromatic carbocycles. The molecule has 1 heterocycles. The molecule has 1 amide bonds. The van der Waals surface area contributed by atoms with E-state index in [1.807, 2.05) is 0 Å². The number of hydrogen-bond donors (Lipinski definition) is 1. The van der Waals surface area contributed by atoms with E-state index in [9.17, 15) is 4.79 Å². The van der Waals surface area contributed by atoms with Crippen LogP contribution in [0.5, 0.6) is 11.5 Å². The van der Waals surface area contributed by atoms with E-state index in [1.165, 1.54) is 6.20 Å². The molecular weight excluding hydrogens is 262 g/mol. The number of methoxy groups -OCH3 is 1. The van der Waals surface area contributed by atoms with Crippen LogP contribution in [0.3, 0.4) is 0 Å². The second-order valence-corrected chi connectivity index (χ2v) is 3.63. The molecule has 20 heavy (non-hydrogen) atoms. The van der Waals surface area contributed by atoms with Crippen LogP contribution in [-0.4, -0.2) is 39.8 Å². The standard InChI is InChI=1S/C12H13N5O3/c1-3-17-15-12(14-16-17)13-11(18)8-20-10-6-4-9(19-2)5-7-10/h3-7H,1,8H2,2H3,(H,13,15,18). The van der Waals surface area contributed by atoms with E-state index >= 15 is 0 Å². The number of nitrogens with one attached hydrogen (secondary N) is 1. The Bertz CT molecular complexity index is 593. The summed E-state index contributed by atoms with van der Waals surface area (Å²) in [7, 11) is 1.58. The first-order valence-electron chi connectivity index (χ1n) is 5.70. The van der Waals surface area contributed by atoms with Gasteiger partial charge in [-0.3, -0.25) is 10.1 Å². The van der Waals surface area contributed by atoms with Crippen molar-refractivity contribution in [1.29, 1.82) is 0 Å². The number of benzene rings is 1. The lowest BCUT2D eigenvalue weighted by Gasteiger charge is -2.06. The quantitative estimate of drug-likeness (QED) is 0.838. The van der Waals surface area contributed by atoms with Crippen molar-refractivity contribution < 1.29 is 14.3 Å². The Labute approximate surface area is 115 Å². The molecule has 0 bridgehead atoms. The van der Waals surface area contributed by atoms with Gasteiger partial charge in [-0.2, -0.15) is 0 Å².